The molecule has 1 saturated heterocycles. The lowest BCUT2D eigenvalue weighted by Gasteiger charge is -2.24. The van der Waals surface area contributed by atoms with Gasteiger partial charge in [0.15, 0.2) is 0 Å². The molecule has 1 aromatic rings. The lowest BCUT2D eigenvalue weighted by atomic mass is 9.85. The van der Waals surface area contributed by atoms with Crippen LogP contribution in [0.1, 0.15) is 48.3 Å². The molecule has 1 aliphatic heterocycles. The molecule has 0 amide bonds. The minimum Gasteiger partial charge on any atom is -0.381 e. The van der Waals surface area contributed by atoms with Gasteiger partial charge in [-0.15, -0.1) is 0 Å². The fraction of sp³-hybridized carbons (Fsp3) is 0.533. The summed E-state index contributed by atoms with van der Waals surface area (Å²) in [6.45, 7) is 1.88. The standard InChI is InChI=1S/C15H19O/c1-2-4-14-11-15(6-5-12(14)3-1)13-7-9-16-10-8-13/h3,5-6,11,13H,1-2,4,7-10H2. The first-order valence-corrected chi connectivity index (χ1v) is 6.47. The third-order valence-electron chi connectivity index (χ3n) is 3.87. The molecule has 1 aromatic carbocycles. The largest absolute Gasteiger partial charge is 0.381 e. The maximum atomic E-state index is 5.43. The highest BCUT2D eigenvalue weighted by atomic mass is 16.5. The van der Waals surface area contributed by atoms with Crippen molar-refractivity contribution in [3.8, 4) is 0 Å². The van der Waals surface area contributed by atoms with Crippen LogP contribution in [0.5, 0.6) is 0 Å². The topological polar surface area (TPSA) is 9.23 Å². The number of fused-ring (bicyclic) bond motifs is 1. The first-order valence-electron chi connectivity index (χ1n) is 6.47. The third-order valence-corrected chi connectivity index (χ3v) is 3.87. The molecule has 1 nitrogen and oxygen atoms in total. The first-order chi connectivity index (χ1) is 7.93. The molecule has 0 bridgehead atoms. The highest BCUT2D eigenvalue weighted by Crippen LogP contribution is 2.31. The summed E-state index contributed by atoms with van der Waals surface area (Å²) < 4.78 is 5.43. The minimum absolute atomic E-state index is 0.737. The number of rotatable bonds is 1. The van der Waals surface area contributed by atoms with Crippen molar-refractivity contribution in [1.29, 1.82) is 0 Å². The van der Waals surface area contributed by atoms with Gasteiger partial charge < -0.3 is 4.74 Å². The van der Waals surface area contributed by atoms with Gasteiger partial charge in [-0.1, -0.05) is 18.2 Å². The van der Waals surface area contributed by atoms with Crippen LogP contribution in [0.2, 0.25) is 0 Å². The lowest BCUT2D eigenvalue weighted by molar-refractivity contribution is 0.0853. The monoisotopic (exact) mass is 215 g/mol. The van der Waals surface area contributed by atoms with E-state index >= 15 is 0 Å². The fourth-order valence-corrected chi connectivity index (χ4v) is 2.88. The van der Waals surface area contributed by atoms with Crippen LogP contribution in [-0.2, 0) is 11.2 Å². The van der Waals surface area contributed by atoms with E-state index in [0.717, 1.165) is 19.1 Å². The Bertz CT molecular complexity index is 364. The zero-order valence-corrected chi connectivity index (χ0v) is 9.74. The molecule has 16 heavy (non-hydrogen) atoms. The number of hydrogen-bond donors (Lipinski definition) is 0. The van der Waals surface area contributed by atoms with E-state index in [0.29, 0.717) is 0 Å². The van der Waals surface area contributed by atoms with Crippen LogP contribution in [-0.4, -0.2) is 13.2 Å². The first kappa shape index (κ1) is 10.3. The van der Waals surface area contributed by atoms with E-state index in [-0.39, 0.29) is 0 Å². The number of benzene rings is 1. The third kappa shape index (κ3) is 2.01. The van der Waals surface area contributed by atoms with Gasteiger partial charge in [-0.05, 0) is 61.1 Å². The number of aryl methyl sites for hydroxylation is 1. The SMILES string of the molecule is [CH]1CCCc2cc(C3CCOCC3)ccc21. The molecule has 0 spiro atoms. The fourth-order valence-electron chi connectivity index (χ4n) is 2.88. The Hall–Kier alpha value is -0.820. The summed E-state index contributed by atoms with van der Waals surface area (Å²) in [4.78, 5) is 0. The van der Waals surface area contributed by atoms with Crippen LogP contribution in [0.4, 0.5) is 0 Å². The molecule has 85 valence electrons. The maximum absolute atomic E-state index is 5.43. The zero-order chi connectivity index (χ0) is 10.8. The van der Waals surface area contributed by atoms with Crippen molar-refractivity contribution in [2.45, 2.75) is 38.0 Å². The average Bonchev–Trinajstić information content (AvgIpc) is 2.39. The molecule has 1 radical (unpaired) electrons. The van der Waals surface area contributed by atoms with Crippen LogP contribution in [0.25, 0.3) is 0 Å². The molecule has 3 rings (SSSR count). The highest BCUT2D eigenvalue weighted by molar-refractivity contribution is 5.39. The van der Waals surface area contributed by atoms with Crippen molar-refractivity contribution in [3.63, 3.8) is 0 Å². The Balaban J connectivity index is 1.84. The van der Waals surface area contributed by atoms with Crippen molar-refractivity contribution >= 4 is 0 Å². The van der Waals surface area contributed by atoms with Gasteiger partial charge >= 0.3 is 0 Å². The Morgan fingerprint density at radius 1 is 1.12 bits per heavy atom. The van der Waals surface area contributed by atoms with Crippen LogP contribution >= 0.6 is 0 Å². The number of ether oxygens (including phenoxy) is 1. The number of hydrogen-bond acceptors (Lipinski definition) is 1. The summed E-state index contributed by atoms with van der Waals surface area (Å²) in [5, 5.41) is 0. The van der Waals surface area contributed by atoms with E-state index in [1.807, 2.05) is 0 Å². The lowest BCUT2D eigenvalue weighted by Crippen LogP contribution is -2.14. The summed E-state index contributed by atoms with van der Waals surface area (Å²) in [6, 6.07) is 7.09. The molecule has 0 aromatic heterocycles. The Morgan fingerprint density at radius 2 is 2.00 bits per heavy atom. The van der Waals surface area contributed by atoms with E-state index in [2.05, 4.69) is 24.6 Å². The molecular formula is C15H19O. The van der Waals surface area contributed by atoms with E-state index in [9.17, 15) is 0 Å². The normalized spacial score (nSPS) is 21.8. The molecule has 0 atom stereocenters. The Labute approximate surface area is 97.8 Å². The van der Waals surface area contributed by atoms with Crippen molar-refractivity contribution < 1.29 is 4.74 Å². The predicted octanol–water partition coefficient (Wildman–Crippen LogP) is 3.47. The van der Waals surface area contributed by atoms with Crippen LogP contribution in [0, 0.1) is 6.42 Å². The molecule has 2 aliphatic rings. The Morgan fingerprint density at radius 3 is 2.88 bits per heavy atom. The Kier molecular flexibility index (Phi) is 2.96. The summed E-state index contributed by atoms with van der Waals surface area (Å²) in [5.74, 6) is 0.737. The van der Waals surface area contributed by atoms with E-state index in [1.165, 1.54) is 43.2 Å². The molecule has 1 aliphatic carbocycles. The zero-order valence-electron chi connectivity index (χ0n) is 9.74. The smallest absolute Gasteiger partial charge is 0.0471 e. The van der Waals surface area contributed by atoms with E-state index in [1.54, 1.807) is 5.56 Å². The molecular weight excluding hydrogens is 196 g/mol. The van der Waals surface area contributed by atoms with Crippen molar-refractivity contribution in [2.24, 2.45) is 0 Å². The van der Waals surface area contributed by atoms with Gasteiger partial charge in [0.1, 0.15) is 0 Å². The quantitative estimate of drug-likeness (QED) is 0.697. The van der Waals surface area contributed by atoms with Gasteiger partial charge in [0.05, 0.1) is 0 Å². The minimum atomic E-state index is 0.737. The predicted molar refractivity (Wildman–Crippen MR) is 65.6 cm³/mol. The molecule has 0 saturated carbocycles. The van der Waals surface area contributed by atoms with Gasteiger partial charge in [-0.2, -0.15) is 0 Å². The van der Waals surface area contributed by atoms with E-state index < -0.39 is 0 Å². The molecule has 1 heteroatoms. The van der Waals surface area contributed by atoms with Gasteiger partial charge in [-0.3, -0.25) is 0 Å². The van der Waals surface area contributed by atoms with Crippen molar-refractivity contribution in [1.82, 2.24) is 0 Å². The van der Waals surface area contributed by atoms with E-state index in [4.69, 9.17) is 4.74 Å². The van der Waals surface area contributed by atoms with Crippen LogP contribution in [0.3, 0.4) is 0 Å². The molecule has 1 fully saturated rings. The second kappa shape index (κ2) is 4.58. The molecule has 0 N–H and O–H groups in total. The van der Waals surface area contributed by atoms with Crippen molar-refractivity contribution in [2.75, 3.05) is 13.2 Å². The van der Waals surface area contributed by atoms with Gasteiger partial charge in [0.25, 0.3) is 0 Å². The summed E-state index contributed by atoms with van der Waals surface area (Å²) in [7, 11) is 0. The van der Waals surface area contributed by atoms with Gasteiger partial charge in [0, 0.05) is 13.2 Å². The molecule has 0 unspecified atom stereocenters. The van der Waals surface area contributed by atoms with Gasteiger partial charge in [-0.25, -0.2) is 0 Å². The molecule has 1 heterocycles. The summed E-state index contributed by atoms with van der Waals surface area (Å²) in [5.41, 5.74) is 4.58. The second-order valence-corrected chi connectivity index (χ2v) is 4.94. The summed E-state index contributed by atoms with van der Waals surface area (Å²) in [6.07, 6.45) is 8.62. The second-order valence-electron chi connectivity index (χ2n) is 4.94. The highest BCUT2D eigenvalue weighted by Gasteiger charge is 2.17. The average molecular weight is 215 g/mol. The van der Waals surface area contributed by atoms with Gasteiger partial charge in [0.2, 0.25) is 0 Å². The maximum Gasteiger partial charge on any atom is 0.0471 e. The summed E-state index contributed by atoms with van der Waals surface area (Å²) >= 11 is 0. The van der Waals surface area contributed by atoms with Crippen LogP contribution < -0.4 is 0 Å². The van der Waals surface area contributed by atoms with Crippen molar-refractivity contribution in [3.05, 3.63) is 41.3 Å². The van der Waals surface area contributed by atoms with Crippen LogP contribution in [0.15, 0.2) is 18.2 Å².